The summed E-state index contributed by atoms with van der Waals surface area (Å²) in [6.45, 7) is 5.33. The minimum atomic E-state index is -0.477. The van der Waals surface area contributed by atoms with Crippen molar-refractivity contribution in [2.75, 3.05) is 13.2 Å². The van der Waals surface area contributed by atoms with Gasteiger partial charge in [-0.2, -0.15) is 0 Å². The Morgan fingerprint density at radius 2 is 1.93 bits per heavy atom. The second-order valence-corrected chi connectivity index (χ2v) is 10.7. The van der Waals surface area contributed by atoms with Crippen LogP contribution >= 0.6 is 0 Å². The van der Waals surface area contributed by atoms with Gasteiger partial charge in [-0.25, -0.2) is 0 Å². The Labute approximate surface area is 170 Å². The number of hydrogen-bond donors (Lipinski definition) is 3. The Kier molecular flexibility index (Phi) is 5.52. The first kappa shape index (κ1) is 20.6. The summed E-state index contributed by atoms with van der Waals surface area (Å²) in [4.78, 5) is 12.6. The molecule has 4 heteroatoms. The highest BCUT2D eigenvalue weighted by atomic mass is 16.3. The molecule has 0 amide bonds. The van der Waals surface area contributed by atoms with Gasteiger partial charge < -0.3 is 15.9 Å². The molecule has 4 fully saturated rings. The Morgan fingerprint density at radius 3 is 2.64 bits per heavy atom. The van der Waals surface area contributed by atoms with Crippen LogP contribution in [0.3, 0.4) is 0 Å². The predicted molar refractivity (Wildman–Crippen MR) is 110 cm³/mol. The van der Waals surface area contributed by atoms with Crippen LogP contribution in [0.1, 0.15) is 65.2 Å². The van der Waals surface area contributed by atoms with Crippen molar-refractivity contribution in [3.05, 3.63) is 12.2 Å². The molecule has 0 aromatic heterocycles. The Morgan fingerprint density at radius 1 is 1.14 bits per heavy atom. The summed E-state index contributed by atoms with van der Waals surface area (Å²) < 4.78 is 0. The largest absolute Gasteiger partial charge is 0.396 e. The van der Waals surface area contributed by atoms with Crippen LogP contribution < -0.4 is 5.73 Å². The molecule has 28 heavy (non-hydrogen) atoms. The monoisotopic (exact) mass is 389 g/mol. The fraction of sp³-hybridized carbons (Fsp3) is 0.875. The van der Waals surface area contributed by atoms with Crippen molar-refractivity contribution < 1.29 is 15.0 Å². The van der Waals surface area contributed by atoms with Gasteiger partial charge in [-0.1, -0.05) is 26.0 Å². The van der Waals surface area contributed by atoms with Crippen molar-refractivity contribution in [3.8, 4) is 0 Å². The lowest BCUT2D eigenvalue weighted by molar-refractivity contribution is -0.198. The molecule has 0 heterocycles. The summed E-state index contributed by atoms with van der Waals surface area (Å²) in [5, 5.41) is 21.8. The number of fused-ring (bicyclic) bond motifs is 5. The molecule has 0 aliphatic heterocycles. The Bertz CT molecular complexity index is 633. The molecule has 9 atom stereocenters. The first-order valence-corrected chi connectivity index (χ1v) is 11.6. The van der Waals surface area contributed by atoms with Gasteiger partial charge in [0.05, 0.1) is 6.10 Å². The molecule has 4 saturated carbocycles. The van der Waals surface area contributed by atoms with Crippen LogP contribution in [0.5, 0.6) is 0 Å². The number of allylic oxidation sites excluding steroid dienone is 1. The van der Waals surface area contributed by atoms with Crippen molar-refractivity contribution in [1.82, 2.24) is 0 Å². The maximum Gasteiger partial charge on any atom is 0.139 e. The number of carbonyl (C=O) groups is 1. The molecule has 4 nitrogen and oxygen atoms in total. The van der Waals surface area contributed by atoms with E-state index in [2.05, 4.69) is 26.0 Å². The third-order valence-electron chi connectivity index (χ3n) is 9.65. The van der Waals surface area contributed by atoms with E-state index in [0.29, 0.717) is 42.4 Å². The van der Waals surface area contributed by atoms with Crippen molar-refractivity contribution in [2.45, 2.75) is 71.3 Å². The first-order chi connectivity index (χ1) is 13.4. The molecule has 4 rings (SSSR count). The fourth-order valence-corrected chi connectivity index (χ4v) is 8.05. The van der Waals surface area contributed by atoms with Crippen LogP contribution in [-0.2, 0) is 4.79 Å². The zero-order chi connectivity index (χ0) is 20.1. The number of ketones is 1. The fourth-order valence-electron chi connectivity index (χ4n) is 8.05. The number of aliphatic hydroxyl groups excluding tert-OH is 2. The van der Waals surface area contributed by atoms with E-state index < -0.39 is 6.10 Å². The maximum atomic E-state index is 12.6. The molecule has 4 aliphatic carbocycles. The molecule has 4 N–H and O–H groups in total. The van der Waals surface area contributed by atoms with Crippen LogP contribution in [0.2, 0.25) is 0 Å². The van der Waals surface area contributed by atoms with E-state index in [0.717, 1.165) is 38.5 Å². The van der Waals surface area contributed by atoms with Gasteiger partial charge in [0.2, 0.25) is 0 Å². The number of nitrogens with two attached hydrogens (primary N) is 1. The van der Waals surface area contributed by atoms with Crippen LogP contribution in [0.4, 0.5) is 0 Å². The summed E-state index contributed by atoms with van der Waals surface area (Å²) in [5.41, 5.74) is 5.55. The molecule has 0 radical (unpaired) electrons. The summed E-state index contributed by atoms with van der Waals surface area (Å²) in [6, 6.07) is 0. The zero-order valence-corrected chi connectivity index (χ0v) is 17.6. The van der Waals surface area contributed by atoms with E-state index in [-0.39, 0.29) is 29.3 Å². The van der Waals surface area contributed by atoms with Crippen molar-refractivity contribution >= 4 is 5.78 Å². The third kappa shape index (κ3) is 2.94. The lowest BCUT2D eigenvalue weighted by Crippen LogP contribution is -2.62. The van der Waals surface area contributed by atoms with Gasteiger partial charge in [0.1, 0.15) is 5.78 Å². The summed E-state index contributed by atoms with van der Waals surface area (Å²) in [7, 11) is 0. The van der Waals surface area contributed by atoms with Crippen LogP contribution in [0, 0.1) is 46.3 Å². The Hall–Kier alpha value is -0.710. The summed E-state index contributed by atoms with van der Waals surface area (Å²) in [6.07, 6.45) is 12.0. The zero-order valence-electron chi connectivity index (χ0n) is 17.6. The van der Waals surface area contributed by atoms with Gasteiger partial charge >= 0.3 is 0 Å². The standard InChI is InChI=1S/C24H39NO3/c1-23-10-8-15(5-3-4-12-25)13-19(23)16(14-26)22(28)21-17-6-7-20(27)24(17,2)11-9-18(21)23/h3,5,15-19,21-22,26,28H,4,6-14,25H2,1-2H3/t15-,16-,17+,18+,19?,21+,22-,23-,24+/m1/s1. The maximum absolute atomic E-state index is 12.6. The van der Waals surface area contributed by atoms with Crippen molar-refractivity contribution in [2.24, 2.45) is 52.1 Å². The minimum absolute atomic E-state index is 0.0568. The topological polar surface area (TPSA) is 83.6 Å². The lowest BCUT2D eigenvalue weighted by Gasteiger charge is -2.63. The van der Waals surface area contributed by atoms with Crippen molar-refractivity contribution in [1.29, 1.82) is 0 Å². The van der Waals surface area contributed by atoms with E-state index in [1.807, 2.05) is 0 Å². The number of carbonyl (C=O) groups excluding carboxylic acids is 1. The molecule has 4 aliphatic rings. The van der Waals surface area contributed by atoms with Crippen LogP contribution in [0.25, 0.3) is 0 Å². The van der Waals surface area contributed by atoms with E-state index in [1.165, 1.54) is 6.42 Å². The highest BCUT2D eigenvalue weighted by molar-refractivity contribution is 5.87. The van der Waals surface area contributed by atoms with E-state index in [9.17, 15) is 15.0 Å². The highest BCUT2D eigenvalue weighted by Gasteiger charge is 2.64. The van der Waals surface area contributed by atoms with Gasteiger partial charge in [0, 0.05) is 24.4 Å². The average molecular weight is 390 g/mol. The lowest BCUT2D eigenvalue weighted by atomic mass is 9.42. The van der Waals surface area contributed by atoms with E-state index in [1.54, 1.807) is 0 Å². The van der Waals surface area contributed by atoms with E-state index >= 15 is 0 Å². The van der Waals surface area contributed by atoms with Gasteiger partial charge in [0.15, 0.2) is 0 Å². The predicted octanol–water partition coefficient (Wildman–Crippen LogP) is 3.31. The van der Waals surface area contributed by atoms with Gasteiger partial charge in [0.25, 0.3) is 0 Å². The number of aliphatic hydroxyl groups is 2. The number of rotatable bonds is 4. The number of Topliss-reactive ketones (excluding diaryl/α,β-unsaturated/α-hetero) is 1. The highest BCUT2D eigenvalue weighted by Crippen LogP contribution is 2.67. The Balaban J connectivity index is 1.63. The first-order valence-electron chi connectivity index (χ1n) is 11.6. The quantitative estimate of drug-likeness (QED) is 0.644. The second kappa shape index (κ2) is 7.52. The molecule has 0 aromatic rings. The molecule has 0 spiro atoms. The minimum Gasteiger partial charge on any atom is -0.396 e. The van der Waals surface area contributed by atoms with Crippen LogP contribution in [0.15, 0.2) is 12.2 Å². The van der Waals surface area contributed by atoms with Crippen molar-refractivity contribution in [3.63, 3.8) is 0 Å². The number of hydrogen-bond acceptors (Lipinski definition) is 4. The molecular weight excluding hydrogens is 350 g/mol. The second-order valence-electron chi connectivity index (χ2n) is 10.7. The molecule has 1 unspecified atom stereocenters. The smallest absolute Gasteiger partial charge is 0.139 e. The van der Waals surface area contributed by atoms with E-state index in [4.69, 9.17) is 5.73 Å². The molecule has 0 saturated heterocycles. The SMILES string of the molecule is C[C@]12CC[C@@H](C=CCCN)CC1[C@@H](CO)[C@@H](O)[C@@H]1[C@@H]2CC[C@]2(C)C(=O)CC[C@@H]12. The van der Waals surface area contributed by atoms with Gasteiger partial charge in [-0.15, -0.1) is 0 Å². The molecule has 158 valence electrons. The van der Waals surface area contributed by atoms with Gasteiger partial charge in [-0.05, 0) is 86.5 Å². The molecule has 0 aromatic carbocycles. The normalized spacial score (nSPS) is 51.0. The van der Waals surface area contributed by atoms with Gasteiger partial charge in [-0.3, -0.25) is 4.79 Å². The molecular formula is C24H39NO3. The van der Waals surface area contributed by atoms with Crippen LogP contribution in [-0.4, -0.2) is 35.3 Å². The average Bonchev–Trinajstić information content (AvgIpc) is 2.98. The third-order valence-corrected chi connectivity index (χ3v) is 9.65. The summed E-state index contributed by atoms with van der Waals surface area (Å²) in [5.74, 6) is 2.18. The summed E-state index contributed by atoms with van der Waals surface area (Å²) >= 11 is 0. The molecule has 0 bridgehead atoms.